The van der Waals surface area contributed by atoms with E-state index in [1.165, 1.54) is 12.4 Å². The molecular formula is C22H18N6O4S. The summed E-state index contributed by atoms with van der Waals surface area (Å²) >= 11 is 0.985. The summed E-state index contributed by atoms with van der Waals surface area (Å²) < 4.78 is 6.11. The Bertz CT molecular complexity index is 1450. The van der Waals surface area contributed by atoms with Crippen LogP contribution in [0.3, 0.4) is 0 Å². The maximum atomic E-state index is 13.6. The first-order valence-corrected chi connectivity index (χ1v) is 10.7. The van der Waals surface area contributed by atoms with Crippen LogP contribution in [0.1, 0.15) is 38.1 Å². The van der Waals surface area contributed by atoms with Crippen LogP contribution in [0, 0.1) is 6.92 Å². The molecule has 2 atom stereocenters. The fourth-order valence-electron chi connectivity index (χ4n) is 4.26. The highest BCUT2D eigenvalue weighted by Gasteiger charge is 2.49. The Morgan fingerprint density at radius 2 is 1.88 bits per heavy atom. The smallest absolute Gasteiger partial charge is 0.346 e. The van der Waals surface area contributed by atoms with Crippen LogP contribution >= 0.6 is 11.3 Å². The summed E-state index contributed by atoms with van der Waals surface area (Å²) in [6.07, 6.45) is 3.08. The number of nitrogens with two attached hydrogens (primary N) is 3. The zero-order chi connectivity index (χ0) is 23.5. The number of nitrogen functional groups attached to an aromatic ring is 1. The van der Waals surface area contributed by atoms with Crippen molar-refractivity contribution in [1.29, 1.82) is 0 Å². The molecule has 0 radical (unpaired) electrons. The molecule has 0 saturated heterocycles. The average Bonchev–Trinajstić information content (AvgIpc) is 3.20. The molecule has 10 nitrogen and oxygen atoms in total. The number of anilines is 1. The van der Waals surface area contributed by atoms with Crippen LogP contribution in [-0.4, -0.2) is 31.8 Å². The molecule has 33 heavy (non-hydrogen) atoms. The lowest BCUT2D eigenvalue weighted by atomic mass is 9.70. The fraction of sp³-hybridized carbons (Fsp3) is 0.136. The SMILES string of the molecule is Cc1nc(Oc2ncccn2)ccc1C1(N)C(=O)C(N)c2c(C(=O)O)sc3c(N)ccc1c23. The highest BCUT2D eigenvalue weighted by molar-refractivity contribution is 7.21. The van der Waals surface area contributed by atoms with Gasteiger partial charge in [-0.2, -0.15) is 0 Å². The topological polar surface area (TPSA) is 180 Å². The molecule has 7 N–H and O–H groups in total. The molecule has 0 aliphatic heterocycles. The van der Waals surface area contributed by atoms with Gasteiger partial charge in [0.2, 0.25) is 5.88 Å². The molecule has 1 aliphatic rings. The third kappa shape index (κ3) is 2.98. The molecule has 3 aromatic heterocycles. The number of benzene rings is 1. The molecule has 0 amide bonds. The molecule has 0 bridgehead atoms. The van der Waals surface area contributed by atoms with Crippen LogP contribution in [0.5, 0.6) is 11.9 Å². The van der Waals surface area contributed by atoms with Crippen LogP contribution in [0.2, 0.25) is 0 Å². The van der Waals surface area contributed by atoms with Crippen molar-refractivity contribution in [3.63, 3.8) is 0 Å². The van der Waals surface area contributed by atoms with Gasteiger partial charge in [0, 0.05) is 46.4 Å². The van der Waals surface area contributed by atoms with Gasteiger partial charge in [0.1, 0.15) is 10.4 Å². The largest absolute Gasteiger partial charge is 0.477 e. The van der Waals surface area contributed by atoms with Crippen molar-refractivity contribution in [2.24, 2.45) is 11.5 Å². The number of aryl methyl sites for hydroxylation is 1. The highest BCUT2D eigenvalue weighted by atomic mass is 32.1. The van der Waals surface area contributed by atoms with E-state index in [4.69, 9.17) is 21.9 Å². The zero-order valence-electron chi connectivity index (χ0n) is 17.3. The van der Waals surface area contributed by atoms with Gasteiger partial charge in [0.25, 0.3) is 0 Å². The monoisotopic (exact) mass is 462 g/mol. The molecule has 0 spiro atoms. The van der Waals surface area contributed by atoms with Gasteiger partial charge in [-0.25, -0.2) is 19.7 Å². The summed E-state index contributed by atoms with van der Waals surface area (Å²) in [5, 5.41) is 10.2. The fourth-order valence-corrected chi connectivity index (χ4v) is 5.40. The number of hydrogen-bond donors (Lipinski definition) is 4. The number of carboxylic acid groups (broad SMARTS) is 1. The summed E-state index contributed by atoms with van der Waals surface area (Å²) in [4.78, 5) is 37.9. The van der Waals surface area contributed by atoms with Crippen molar-refractivity contribution in [1.82, 2.24) is 15.0 Å². The van der Waals surface area contributed by atoms with Gasteiger partial charge < -0.3 is 27.0 Å². The number of ketones is 1. The van der Waals surface area contributed by atoms with Gasteiger partial charge >= 0.3 is 12.0 Å². The van der Waals surface area contributed by atoms with Crippen molar-refractivity contribution >= 4 is 38.9 Å². The molecule has 0 fully saturated rings. The first-order chi connectivity index (χ1) is 15.7. The summed E-state index contributed by atoms with van der Waals surface area (Å²) in [5.74, 6) is -1.48. The number of carbonyl (C=O) groups is 2. The number of aromatic nitrogens is 3. The van der Waals surface area contributed by atoms with E-state index in [-0.39, 0.29) is 22.3 Å². The maximum absolute atomic E-state index is 13.6. The Kier molecular flexibility index (Phi) is 4.64. The number of aromatic carboxylic acids is 1. The van der Waals surface area contributed by atoms with E-state index in [1.54, 1.807) is 37.3 Å². The minimum absolute atomic E-state index is 0.0199. The number of nitrogens with zero attached hydrogens (tertiary/aromatic N) is 3. The van der Waals surface area contributed by atoms with Crippen molar-refractivity contribution in [2.75, 3.05) is 5.73 Å². The second-order valence-electron chi connectivity index (χ2n) is 7.62. The van der Waals surface area contributed by atoms with Crippen LogP contribution < -0.4 is 21.9 Å². The second kappa shape index (κ2) is 7.30. The number of Topliss-reactive ketones (excluding diaryl/α,β-unsaturated/α-hetero) is 1. The molecule has 1 aliphatic carbocycles. The van der Waals surface area contributed by atoms with Gasteiger partial charge in [0.05, 0.1) is 10.7 Å². The standard InChI is InChI=1S/C22H18N6O4S/c1-9-10(4-6-13(28-9)32-21-26-7-2-8-27-21)22(25)11-3-5-12(23)17-14(11)15(16(24)19(22)29)18(33-17)20(30)31/h2-8,16H,23-25H2,1H3,(H,30,31). The van der Waals surface area contributed by atoms with Crippen LogP contribution in [-0.2, 0) is 10.3 Å². The minimum Gasteiger partial charge on any atom is -0.477 e. The van der Waals surface area contributed by atoms with E-state index in [0.29, 0.717) is 32.6 Å². The first kappa shape index (κ1) is 20.9. The molecule has 2 unspecified atom stereocenters. The molecule has 0 saturated carbocycles. The Hall–Kier alpha value is -3.93. The number of thiophene rings is 1. The molecular weight excluding hydrogens is 444 g/mol. The van der Waals surface area contributed by atoms with Gasteiger partial charge in [-0.05, 0) is 30.7 Å². The zero-order valence-corrected chi connectivity index (χ0v) is 18.1. The minimum atomic E-state index is -1.66. The lowest BCUT2D eigenvalue weighted by Gasteiger charge is -2.37. The summed E-state index contributed by atoms with van der Waals surface area (Å²) in [6, 6.07) is 7.01. The van der Waals surface area contributed by atoms with E-state index in [2.05, 4.69) is 15.0 Å². The molecule has 3 heterocycles. The predicted molar refractivity (Wildman–Crippen MR) is 121 cm³/mol. The Morgan fingerprint density at radius 3 is 2.55 bits per heavy atom. The molecule has 1 aromatic carbocycles. The lowest BCUT2D eigenvalue weighted by molar-refractivity contribution is -0.124. The molecule has 166 valence electrons. The number of carboxylic acids is 1. The van der Waals surface area contributed by atoms with E-state index in [9.17, 15) is 14.7 Å². The molecule has 5 rings (SSSR count). The number of hydrogen-bond acceptors (Lipinski definition) is 10. The molecule has 4 aromatic rings. The second-order valence-corrected chi connectivity index (χ2v) is 8.64. The van der Waals surface area contributed by atoms with Crippen molar-refractivity contribution < 1.29 is 19.4 Å². The van der Waals surface area contributed by atoms with Crippen molar-refractivity contribution in [2.45, 2.75) is 18.5 Å². The maximum Gasteiger partial charge on any atom is 0.346 e. The van der Waals surface area contributed by atoms with Gasteiger partial charge in [-0.1, -0.05) is 6.07 Å². The van der Waals surface area contributed by atoms with E-state index < -0.39 is 23.3 Å². The predicted octanol–water partition coefficient (Wildman–Crippen LogP) is 2.25. The lowest BCUT2D eigenvalue weighted by Crippen LogP contribution is -2.53. The van der Waals surface area contributed by atoms with Crippen molar-refractivity contribution in [3.05, 3.63) is 70.0 Å². The van der Waals surface area contributed by atoms with Crippen LogP contribution in [0.4, 0.5) is 5.69 Å². The van der Waals surface area contributed by atoms with E-state index in [1.807, 2.05) is 0 Å². The van der Waals surface area contributed by atoms with Gasteiger partial charge in [0.15, 0.2) is 5.78 Å². The van der Waals surface area contributed by atoms with Gasteiger partial charge in [-0.3, -0.25) is 4.79 Å². The Morgan fingerprint density at radius 1 is 1.18 bits per heavy atom. The number of carbonyl (C=O) groups excluding carboxylic acids is 1. The molecule has 11 heteroatoms. The van der Waals surface area contributed by atoms with E-state index in [0.717, 1.165) is 11.3 Å². The normalized spacial score (nSPS) is 19.6. The number of pyridine rings is 1. The summed E-state index contributed by atoms with van der Waals surface area (Å²) in [5.41, 5.74) is 19.5. The van der Waals surface area contributed by atoms with Crippen LogP contribution in [0.15, 0.2) is 42.7 Å². The van der Waals surface area contributed by atoms with Crippen LogP contribution in [0.25, 0.3) is 10.1 Å². The van der Waals surface area contributed by atoms with E-state index >= 15 is 0 Å². The number of rotatable bonds is 4. The summed E-state index contributed by atoms with van der Waals surface area (Å²) in [6.45, 7) is 1.70. The average molecular weight is 462 g/mol. The third-order valence-electron chi connectivity index (χ3n) is 5.73. The van der Waals surface area contributed by atoms with Crippen molar-refractivity contribution in [3.8, 4) is 11.9 Å². The van der Waals surface area contributed by atoms with Gasteiger partial charge in [-0.15, -0.1) is 11.3 Å². The Balaban J connectivity index is 1.70. The number of ether oxygens (including phenoxy) is 1. The third-order valence-corrected chi connectivity index (χ3v) is 6.97. The highest BCUT2D eigenvalue weighted by Crippen LogP contribution is 2.49. The Labute approximate surface area is 191 Å². The quantitative estimate of drug-likeness (QED) is 0.328. The first-order valence-electron chi connectivity index (χ1n) is 9.84. The summed E-state index contributed by atoms with van der Waals surface area (Å²) in [7, 11) is 0.